The van der Waals surface area contributed by atoms with Gasteiger partial charge in [-0.3, -0.25) is 14.3 Å². The number of aromatic nitrogens is 4. The molecule has 172 valence electrons. The van der Waals surface area contributed by atoms with E-state index in [1.54, 1.807) is 35.9 Å². The fourth-order valence-electron chi connectivity index (χ4n) is 3.60. The Hall–Kier alpha value is -3.56. The molecule has 0 radical (unpaired) electrons. The van der Waals surface area contributed by atoms with Crippen molar-refractivity contribution in [2.45, 2.75) is 19.2 Å². The molecule has 1 atom stereocenters. The number of anilines is 1. The number of H-pyrrole nitrogens is 1. The van der Waals surface area contributed by atoms with Crippen LogP contribution in [-0.4, -0.2) is 44.0 Å². The molecule has 4 rings (SSSR count). The molecular weight excluding hydrogens is 446 g/mol. The van der Waals surface area contributed by atoms with E-state index >= 15 is 0 Å². The molecule has 0 bridgehead atoms. The molecule has 9 nitrogen and oxygen atoms in total. The molecule has 0 amide bonds. The minimum atomic E-state index is -0.946. The Bertz CT molecular complexity index is 1360. The second-order valence-corrected chi connectivity index (χ2v) is 8.21. The molecule has 0 aliphatic heterocycles. The molecule has 0 aliphatic rings. The van der Waals surface area contributed by atoms with Gasteiger partial charge in [0.05, 0.1) is 6.54 Å². The zero-order valence-corrected chi connectivity index (χ0v) is 19.0. The zero-order chi connectivity index (χ0) is 23.5. The number of hydrogen-bond donors (Lipinski definition) is 2. The number of aliphatic hydroxyl groups is 1. The SMILES string of the molecule is CN(Cc1ccccc1)c1nc2c(c(=O)[nH]c(=O)n2C)n1C[C@H](O)COc1ccc(Cl)cc1. The lowest BCUT2D eigenvalue weighted by Crippen LogP contribution is -2.31. The number of halogens is 1. The van der Waals surface area contributed by atoms with E-state index in [2.05, 4.69) is 9.97 Å². The molecule has 0 saturated carbocycles. The normalized spacial score (nSPS) is 12.1. The van der Waals surface area contributed by atoms with E-state index in [0.29, 0.717) is 23.3 Å². The van der Waals surface area contributed by atoms with E-state index in [4.69, 9.17) is 16.3 Å². The fourth-order valence-corrected chi connectivity index (χ4v) is 3.73. The zero-order valence-electron chi connectivity index (χ0n) is 18.2. The van der Waals surface area contributed by atoms with Crippen LogP contribution < -0.4 is 20.9 Å². The number of hydrogen-bond acceptors (Lipinski definition) is 6. The number of rotatable bonds is 8. The number of aryl methyl sites for hydroxylation is 1. The minimum absolute atomic E-state index is 0.00713. The van der Waals surface area contributed by atoms with Gasteiger partial charge in [-0.05, 0) is 29.8 Å². The molecule has 2 aromatic carbocycles. The number of imidazole rings is 1. The summed E-state index contributed by atoms with van der Waals surface area (Å²) in [6.07, 6.45) is -0.946. The first-order chi connectivity index (χ1) is 15.8. The highest BCUT2D eigenvalue weighted by molar-refractivity contribution is 6.30. The van der Waals surface area contributed by atoms with E-state index in [9.17, 15) is 14.7 Å². The largest absolute Gasteiger partial charge is 0.491 e. The highest BCUT2D eigenvalue weighted by Crippen LogP contribution is 2.21. The van der Waals surface area contributed by atoms with Gasteiger partial charge in [-0.1, -0.05) is 41.9 Å². The Morgan fingerprint density at radius 2 is 1.85 bits per heavy atom. The third kappa shape index (κ3) is 4.94. The summed E-state index contributed by atoms with van der Waals surface area (Å²) in [6.45, 7) is 0.556. The van der Waals surface area contributed by atoms with Crippen LogP contribution in [0.1, 0.15) is 5.56 Å². The number of aromatic amines is 1. The maximum Gasteiger partial charge on any atom is 0.329 e. The number of aliphatic hydroxyl groups excluding tert-OH is 1. The van der Waals surface area contributed by atoms with E-state index in [1.165, 1.54) is 4.57 Å². The minimum Gasteiger partial charge on any atom is -0.491 e. The van der Waals surface area contributed by atoms with Crippen molar-refractivity contribution in [1.82, 2.24) is 19.1 Å². The quantitative estimate of drug-likeness (QED) is 0.409. The summed E-state index contributed by atoms with van der Waals surface area (Å²) in [4.78, 5) is 33.5. The highest BCUT2D eigenvalue weighted by Gasteiger charge is 2.22. The third-order valence-electron chi connectivity index (χ3n) is 5.24. The van der Waals surface area contributed by atoms with Gasteiger partial charge in [-0.15, -0.1) is 0 Å². The molecule has 2 heterocycles. The number of nitrogens with one attached hydrogen (secondary N) is 1. The van der Waals surface area contributed by atoms with Gasteiger partial charge in [0.15, 0.2) is 11.2 Å². The van der Waals surface area contributed by atoms with Crippen molar-refractivity contribution in [3.05, 3.63) is 86.0 Å². The van der Waals surface area contributed by atoms with Crippen LogP contribution >= 0.6 is 11.6 Å². The first kappa shape index (κ1) is 22.6. The Kier molecular flexibility index (Phi) is 6.52. The van der Waals surface area contributed by atoms with Gasteiger partial charge in [-0.25, -0.2) is 4.79 Å². The van der Waals surface area contributed by atoms with Crippen molar-refractivity contribution in [2.75, 3.05) is 18.6 Å². The molecule has 0 unspecified atom stereocenters. The summed E-state index contributed by atoms with van der Waals surface area (Å²) in [5.41, 5.74) is 0.377. The summed E-state index contributed by atoms with van der Waals surface area (Å²) in [5.74, 6) is 1.02. The molecule has 2 aromatic heterocycles. The lowest BCUT2D eigenvalue weighted by Gasteiger charge is -2.21. The highest BCUT2D eigenvalue weighted by atomic mass is 35.5. The van der Waals surface area contributed by atoms with Crippen molar-refractivity contribution < 1.29 is 9.84 Å². The van der Waals surface area contributed by atoms with Crippen molar-refractivity contribution in [3.8, 4) is 5.75 Å². The first-order valence-electron chi connectivity index (χ1n) is 10.3. The van der Waals surface area contributed by atoms with Crippen LogP contribution in [0.2, 0.25) is 5.02 Å². The smallest absolute Gasteiger partial charge is 0.329 e. The molecule has 4 aromatic rings. The van der Waals surface area contributed by atoms with E-state index < -0.39 is 17.4 Å². The summed E-state index contributed by atoms with van der Waals surface area (Å²) < 4.78 is 8.55. The van der Waals surface area contributed by atoms with E-state index in [-0.39, 0.29) is 24.3 Å². The molecular formula is C23H24ClN5O4. The van der Waals surface area contributed by atoms with Crippen LogP contribution in [0.15, 0.2) is 64.2 Å². The molecule has 0 aliphatic carbocycles. The van der Waals surface area contributed by atoms with Gasteiger partial charge in [0.25, 0.3) is 5.56 Å². The average Bonchev–Trinajstić information content (AvgIpc) is 3.18. The van der Waals surface area contributed by atoms with Crippen LogP contribution in [0.25, 0.3) is 11.2 Å². The van der Waals surface area contributed by atoms with Crippen LogP contribution in [0.3, 0.4) is 0 Å². The number of fused-ring (bicyclic) bond motifs is 1. The van der Waals surface area contributed by atoms with Crippen LogP contribution in [0.4, 0.5) is 5.95 Å². The van der Waals surface area contributed by atoms with E-state index in [1.807, 2.05) is 42.3 Å². The maximum absolute atomic E-state index is 12.7. The third-order valence-corrected chi connectivity index (χ3v) is 5.49. The van der Waals surface area contributed by atoms with Gasteiger partial charge in [0.2, 0.25) is 5.95 Å². The average molecular weight is 470 g/mol. The molecule has 0 spiro atoms. The predicted octanol–water partition coefficient (Wildman–Crippen LogP) is 2.15. The van der Waals surface area contributed by atoms with Crippen molar-refractivity contribution in [1.29, 1.82) is 0 Å². The number of ether oxygens (including phenoxy) is 1. The van der Waals surface area contributed by atoms with Gasteiger partial charge in [0, 0.05) is 25.7 Å². The Morgan fingerprint density at radius 1 is 1.15 bits per heavy atom. The maximum atomic E-state index is 12.7. The van der Waals surface area contributed by atoms with E-state index in [0.717, 1.165) is 5.56 Å². The summed E-state index contributed by atoms with van der Waals surface area (Å²) in [5, 5.41) is 11.3. The Balaban J connectivity index is 1.66. The fraction of sp³-hybridized carbons (Fsp3) is 0.261. The van der Waals surface area contributed by atoms with Crippen LogP contribution in [-0.2, 0) is 20.1 Å². The predicted molar refractivity (Wildman–Crippen MR) is 127 cm³/mol. The number of nitrogens with zero attached hydrogens (tertiary/aromatic N) is 4. The lowest BCUT2D eigenvalue weighted by molar-refractivity contribution is 0.0936. The standard InChI is InChI=1S/C23H24ClN5O4/c1-27(12-15-6-4-3-5-7-15)22-25-20-19(21(31)26-23(32)28(20)2)29(22)13-17(30)14-33-18-10-8-16(24)9-11-18/h3-11,17,30H,12-14H2,1-2H3,(H,26,31,32)/t17-/m0/s1. The van der Waals surface area contributed by atoms with Crippen molar-refractivity contribution in [2.24, 2.45) is 7.05 Å². The van der Waals surface area contributed by atoms with Gasteiger partial charge < -0.3 is 19.3 Å². The van der Waals surface area contributed by atoms with Gasteiger partial charge >= 0.3 is 5.69 Å². The molecule has 0 fully saturated rings. The monoisotopic (exact) mass is 469 g/mol. The Morgan fingerprint density at radius 3 is 2.55 bits per heavy atom. The van der Waals surface area contributed by atoms with Crippen molar-refractivity contribution in [3.63, 3.8) is 0 Å². The molecule has 10 heteroatoms. The summed E-state index contributed by atoms with van der Waals surface area (Å²) in [6, 6.07) is 16.6. The first-order valence-corrected chi connectivity index (χ1v) is 10.7. The molecule has 0 saturated heterocycles. The van der Waals surface area contributed by atoms with Crippen LogP contribution in [0, 0.1) is 0 Å². The molecule has 33 heavy (non-hydrogen) atoms. The Labute approximate surface area is 194 Å². The number of benzene rings is 2. The lowest BCUT2D eigenvalue weighted by atomic mass is 10.2. The van der Waals surface area contributed by atoms with Gasteiger partial charge in [0.1, 0.15) is 18.5 Å². The second kappa shape index (κ2) is 9.51. The second-order valence-electron chi connectivity index (χ2n) is 7.77. The van der Waals surface area contributed by atoms with Gasteiger partial charge in [-0.2, -0.15) is 4.98 Å². The summed E-state index contributed by atoms with van der Waals surface area (Å²) >= 11 is 5.89. The van der Waals surface area contributed by atoms with Crippen LogP contribution in [0.5, 0.6) is 5.75 Å². The summed E-state index contributed by atoms with van der Waals surface area (Å²) in [7, 11) is 3.38. The topological polar surface area (TPSA) is 105 Å². The van der Waals surface area contributed by atoms with Crippen molar-refractivity contribution >= 4 is 28.7 Å². The molecule has 2 N–H and O–H groups in total.